The number of rotatable bonds is 5. The van der Waals surface area contributed by atoms with E-state index in [0.717, 1.165) is 11.1 Å². The zero-order valence-electron chi connectivity index (χ0n) is 17.8. The fourth-order valence-electron chi connectivity index (χ4n) is 3.65. The number of hydrogen-bond acceptors (Lipinski definition) is 5. The summed E-state index contributed by atoms with van der Waals surface area (Å²) >= 11 is 5.98. The summed E-state index contributed by atoms with van der Waals surface area (Å²) in [7, 11) is 4.45. The number of nitrogens with zero attached hydrogens (tertiary/aromatic N) is 1. The van der Waals surface area contributed by atoms with Crippen LogP contribution < -0.4 is 24.4 Å². The van der Waals surface area contributed by atoms with Crippen molar-refractivity contribution >= 4 is 34.8 Å². The van der Waals surface area contributed by atoms with Gasteiger partial charge < -0.3 is 19.5 Å². The minimum atomic E-state index is -0.361. The van der Waals surface area contributed by atoms with Gasteiger partial charge in [-0.15, -0.1) is 0 Å². The number of fused-ring (bicyclic) bond motifs is 1. The average molecular weight is 453 g/mol. The van der Waals surface area contributed by atoms with E-state index >= 15 is 0 Å². The van der Waals surface area contributed by atoms with E-state index in [1.54, 1.807) is 24.3 Å². The van der Waals surface area contributed by atoms with Gasteiger partial charge in [-0.25, -0.2) is 0 Å². The Morgan fingerprint density at radius 2 is 1.53 bits per heavy atom. The summed E-state index contributed by atoms with van der Waals surface area (Å²) in [6.07, 6.45) is 0. The van der Waals surface area contributed by atoms with E-state index in [0.29, 0.717) is 39.2 Å². The van der Waals surface area contributed by atoms with Crippen molar-refractivity contribution in [2.75, 3.05) is 38.1 Å². The number of carbonyl (C=O) groups excluding carboxylic acids is 2. The molecule has 8 heteroatoms. The Hall–Kier alpha value is -3.71. The second-order valence-corrected chi connectivity index (χ2v) is 7.53. The molecule has 0 bridgehead atoms. The predicted octanol–water partition coefficient (Wildman–Crippen LogP) is 4.63. The molecule has 0 saturated heterocycles. The number of halogens is 1. The highest BCUT2D eigenvalue weighted by Gasteiger charge is 2.29. The third kappa shape index (κ3) is 3.94. The highest BCUT2D eigenvalue weighted by Crippen LogP contribution is 2.40. The molecule has 0 unspecified atom stereocenters. The molecule has 0 aliphatic carbocycles. The zero-order chi connectivity index (χ0) is 22.8. The molecule has 0 fully saturated rings. The number of methoxy groups -OCH3 is 3. The summed E-state index contributed by atoms with van der Waals surface area (Å²) in [6, 6.07) is 16.1. The highest BCUT2D eigenvalue weighted by atomic mass is 35.5. The van der Waals surface area contributed by atoms with Gasteiger partial charge in [-0.2, -0.15) is 0 Å². The quantitative estimate of drug-likeness (QED) is 0.610. The maximum absolute atomic E-state index is 13.4. The summed E-state index contributed by atoms with van der Waals surface area (Å²) in [5.41, 5.74) is 3.29. The molecule has 0 radical (unpaired) electrons. The van der Waals surface area contributed by atoms with E-state index in [2.05, 4.69) is 5.32 Å². The molecule has 0 spiro atoms. The van der Waals surface area contributed by atoms with Gasteiger partial charge in [-0.1, -0.05) is 29.8 Å². The van der Waals surface area contributed by atoms with Crippen molar-refractivity contribution < 1.29 is 23.8 Å². The summed E-state index contributed by atoms with van der Waals surface area (Å²) in [4.78, 5) is 27.3. The second-order valence-electron chi connectivity index (χ2n) is 7.09. The van der Waals surface area contributed by atoms with Gasteiger partial charge in [0.2, 0.25) is 11.7 Å². The Morgan fingerprint density at radius 1 is 0.906 bits per heavy atom. The fraction of sp³-hybridized carbons (Fsp3) is 0.167. The molecule has 1 aliphatic heterocycles. The summed E-state index contributed by atoms with van der Waals surface area (Å²) in [5.74, 6) is 0.451. The Kier molecular flexibility index (Phi) is 5.92. The van der Waals surface area contributed by atoms with Gasteiger partial charge in [0, 0.05) is 10.6 Å². The number of nitrogens with one attached hydrogen (secondary N) is 1. The topological polar surface area (TPSA) is 77.1 Å². The number of carbonyl (C=O) groups is 2. The zero-order valence-corrected chi connectivity index (χ0v) is 18.5. The van der Waals surface area contributed by atoms with Crippen LogP contribution in [0, 0.1) is 0 Å². The highest BCUT2D eigenvalue weighted by molar-refractivity contribution is 6.30. The molecule has 3 aromatic carbocycles. The minimum absolute atomic E-state index is 0.108. The summed E-state index contributed by atoms with van der Waals surface area (Å²) in [5, 5.41) is 3.49. The predicted molar refractivity (Wildman–Crippen MR) is 123 cm³/mol. The Labute approximate surface area is 190 Å². The van der Waals surface area contributed by atoms with Crippen LogP contribution in [0.5, 0.6) is 17.2 Å². The van der Waals surface area contributed by atoms with Crippen LogP contribution in [0.3, 0.4) is 0 Å². The fourth-order valence-corrected chi connectivity index (χ4v) is 3.78. The first-order chi connectivity index (χ1) is 15.4. The molecule has 164 valence electrons. The average Bonchev–Trinajstić information content (AvgIpc) is 2.82. The van der Waals surface area contributed by atoms with Crippen molar-refractivity contribution in [1.82, 2.24) is 0 Å². The maximum atomic E-state index is 13.4. The van der Waals surface area contributed by atoms with Crippen molar-refractivity contribution in [3.8, 4) is 28.4 Å². The molecule has 3 aromatic rings. The van der Waals surface area contributed by atoms with Crippen LogP contribution in [-0.2, 0) is 4.79 Å². The van der Waals surface area contributed by atoms with Crippen LogP contribution in [0.2, 0.25) is 5.02 Å². The molecule has 0 atom stereocenters. The van der Waals surface area contributed by atoms with Gasteiger partial charge in [0.1, 0.15) is 6.54 Å². The lowest BCUT2D eigenvalue weighted by Crippen LogP contribution is -2.42. The largest absolute Gasteiger partial charge is 0.493 e. The molecule has 1 heterocycles. The normalized spacial score (nSPS) is 12.6. The van der Waals surface area contributed by atoms with Gasteiger partial charge >= 0.3 is 0 Å². The lowest BCUT2D eigenvalue weighted by atomic mass is 10.0. The summed E-state index contributed by atoms with van der Waals surface area (Å²) in [6.45, 7) is -0.108. The molecule has 7 nitrogen and oxygen atoms in total. The van der Waals surface area contributed by atoms with Gasteiger partial charge in [0.25, 0.3) is 5.91 Å². The second kappa shape index (κ2) is 8.80. The molecule has 2 amide bonds. The Bertz CT molecular complexity index is 1170. The molecule has 0 aromatic heterocycles. The first kappa shape index (κ1) is 21.5. The van der Waals surface area contributed by atoms with Crippen LogP contribution in [0.4, 0.5) is 11.4 Å². The van der Waals surface area contributed by atoms with E-state index in [-0.39, 0.29) is 18.4 Å². The smallest absolute Gasteiger partial charge is 0.259 e. The number of amides is 2. The van der Waals surface area contributed by atoms with Crippen LogP contribution in [0.25, 0.3) is 11.1 Å². The number of anilines is 2. The van der Waals surface area contributed by atoms with Crippen molar-refractivity contribution in [3.05, 3.63) is 65.2 Å². The lowest BCUT2D eigenvalue weighted by molar-refractivity contribution is -0.115. The number of ether oxygens (including phenoxy) is 3. The Morgan fingerprint density at radius 3 is 2.12 bits per heavy atom. The van der Waals surface area contributed by atoms with Crippen LogP contribution in [0.1, 0.15) is 10.4 Å². The van der Waals surface area contributed by atoms with E-state index in [4.69, 9.17) is 25.8 Å². The molecule has 1 aliphatic rings. The molecule has 0 saturated carbocycles. The van der Waals surface area contributed by atoms with E-state index in [9.17, 15) is 9.59 Å². The van der Waals surface area contributed by atoms with Gasteiger partial charge in [0.15, 0.2) is 11.5 Å². The first-order valence-electron chi connectivity index (χ1n) is 9.77. The van der Waals surface area contributed by atoms with E-state index < -0.39 is 0 Å². The van der Waals surface area contributed by atoms with Crippen molar-refractivity contribution in [1.29, 1.82) is 0 Å². The third-order valence-electron chi connectivity index (χ3n) is 5.20. The first-order valence-corrected chi connectivity index (χ1v) is 10.1. The van der Waals surface area contributed by atoms with Crippen molar-refractivity contribution in [3.63, 3.8) is 0 Å². The molecule has 4 rings (SSSR count). The minimum Gasteiger partial charge on any atom is -0.493 e. The molecular formula is C24H21ClN2O5. The maximum Gasteiger partial charge on any atom is 0.259 e. The third-order valence-corrected chi connectivity index (χ3v) is 5.45. The van der Waals surface area contributed by atoms with Gasteiger partial charge in [-0.3, -0.25) is 14.5 Å². The molecular weight excluding hydrogens is 432 g/mol. The van der Waals surface area contributed by atoms with E-state index in [1.165, 1.54) is 26.2 Å². The standard InChI is InChI=1S/C24H21ClN2O5/c1-30-20-11-16(12-21(31-2)23(20)32-3)24(29)27-13-22(28)26-18-10-15(6-9-19(18)27)14-4-7-17(25)8-5-14/h4-12H,13H2,1-3H3,(H,26,28). The monoisotopic (exact) mass is 452 g/mol. The number of benzene rings is 3. The molecule has 32 heavy (non-hydrogen) atoms. The van der Waals surface area contributed by atoms with Crippen LogP contribution in [0.15, 0.2) is 54.6 Å². The Balaban J connectivity index is 1.74. The van der Waals surface area contributed by atoms with Crippen molar-refractivity contribution in [2.45, 2.75) is 0 Å². The van der Waals surface area contributed by atoms with E-state index in [1.807, 2.05) is 30.3 Å². The van der Waals surface area contributed by atoms with Crippen molar-refractivity contribution in [2.24, 2.45) is 0 Å². The lowest BCUT2D eigenvalue weighted by Gasteiger charge is -2.30. The SMILES string of the molecule is COc1cc(C(=O)N2CC(=O)Nc3cc(-c4ccc(Cl)cc4)ccc32)cc(OC)c1OC. The van der Waals surface area contributed by atoms with Crippen LogP contribution >= 0.6 is 11.6 Å². The van der Waals surface area contributed by atoms with Gasteiger partial charge in [-0.05, 0) is 47.5 Å². The van der Waals surface area contributed by atoms with Crippen LogP contribution in [-0.4, -0.2) is 39.7 Å². The molecule has 1 N–H and O–H groups in total. The number of hydrogen-bond donors (Lipinski definition) is 1. The van der Waals surface area contributed by atoms with Gasteiger partial charge in [0.05, 0.1) is 32.7 Å². The summed E-state index contributed by atoms with van der Waals surface area (Å²) < 4.78 is 16.0.